The Morgan fingerprint density at radius 3 is 2.89 bits per heavy atom. The standard InChI is InChI=1S/C13H14FN5/c14-10-3-1-2-9(6-10)4-5-12-17-13-16-11(7-15)8-19(13)18-12/h1-3,6,8H,4-5,7,15H2,(H,16,17,18). The Morgan fingerprint density at radius 2 is 2.16 bits per heavy atom. The molecule has 0 aliphatic heterocycles. The fraction of sp³-hybridized carbons (Fsp3) is 0.231. The minimum Gasteiger partial charge on any atom is -0.325 e. The van der Waals surface area contributed by atoms with Crippen LogP contribution in [0.4, 0.5) is 4.39 Å². The molecule has 0 unspecified atom stereocenters. The molecule has 19 heavy (non-hydrogen) atoms. The number of aromatic nitrogens is 4. The lowest BCUT2D eigenvalue weighted by Crippen LogP contribution is -1.97. The molecule has 1 aromatic carbocycles. The third-order valence-electron chi connectivity index (χ3n) is 2.97. The Hall–Kier alpha value is -2.21. The van der Waals surface area contributed by atoms with E-state index >= 15 is 0 Å². The molecule has 0 atom stereocenters. The van der Waals surface area contributed by atoms with E-state index in [-0.39, 0.29) is 5.82 Å². The molecule has 0 aliphatic carbocycles. The zero-order valence-corrected chi connectivity index (χ0v) is 10.3. The lowest BCUT2D eigenvalue weighted by molar-refractivity contribution is 0.625. The minimum absolute atomic E-state index is 0.209. The van der Waals surface area contributed by atoms with Gasteiger partial charge >= 0.3 is 0 Å². The number of nitrogens with one attached hydrogen (secondary N) is 1. The van der Waals surface area contributed by atoms with E-state index in [1.165, 1.54) is 6.07 Å². The number of aromatic amines is 1. The molecule has 2 aromatic heterocycles. The van der Waals surface area contributed by atoms with Crippen molar-refractivity contribution in [2.75, 3.05) is 0 Å². The largest absolute Gasteiger partial charge is 0.325 e. The fourth-order valence-corrected chi connectivity index (χ4v) is 2.03. The average Bonchev–Trinajstić information content (AvgIpc) is 2.94. The van der Waals surface area contributed by atoms with Gasteiger partial charge in [0.2, 0.25) is 0 Å². The summed E-state index contributed by atoms with van der Waals surface area (Å²) in [5.74, 6) is 1.24. The van der Waals surface area contributed by atoms with Crippen LogP contribution >= 0.6 is 0 Å². The first-order valence-corrected chi connectivity index (χ1v) is 6.12. The first kappa shape index (κ1) is 11.9. The number of imidazole rings is 1. The summed E-state index contributed by atoms with van der Waals surface area (Å²) in [7, 11) is 0. The van der Waals surface area contributed by atoms with E-state index in [1.54, 1.807) is 16.6 Å². The van der Waals surface area contributed by atoms with Crippen LogP contribution in [0.25, 0.3) is 5.78 Å². The van der Waals surface area contributed by atoms with Gasteiger partial charge in [-0.2, -0.15) is 4.98 Å². The van der Waals surface area contributed by atoms with Crippen LogP contribution in [0.5, 0.6) is 0 Å². The van der Waals surface area contributed by atoms with E-state index in [4.69, 9.17) is 5.73 Å². The van der Waals surface area contributed by atoms with Crippen LogP contribution < -0.4 is 5.73 Å². The monoisotopic (exact) mass is 259 g/mol. The summed E-state index contributed by atoms with van der Waals surface area (Å²) in [5.41, 5.74) is 7.26. The molecule has 3 N–H and O–H groups in total. The maximum absolute atomic E-state index is 13.0. The lowest BCUT2D eigenvalue weighted by Gasteiger charge is -1.99. The topological polar surface area (TPSA) is 72.0 Å². The Bertz CT molecular complexity index is 668. The molecule has 0 amide bonds. The van der Waals surface area contributed by atoms with Crippen LogP contribution in [-0.2, 0) is 19.4 Å². The second-order valence-corrected chi connectivity index (χ2v) is 4.41. The van der Waals surface area contributed by atoms with E-state index in [0.29, 0.717) is 18.7 Å². The number of H-pyrrole nitrogens is 1. The van der Waals surface area contributed by atoms with Gasteiger partial charge in [0.15, 0.2) is 0 Å². The number of fused-ring (bicyclic) bond motifs is 1. The predicted octanol–water partition coefficient (Wildman–Crippen LogP) is 1.44. The van der Waals surface area contributed by atoms with Crippen molar-refractivity contribution in [1.82, 2.24) is 19.6 Å². The van der Waals surface area contributed by atoms with Crippen molar-refractivity contribution in [2.24, 2.45) is 5.73 Å². The van der Waals surface area contributed by atoms with Crippen LogP contribution in [0.15, 0.2) is 30.5 Å². The quantitative estimate of drug-likeness (QED) is 0.744. The Labute approximate surface area is 109 Å². The number of nitrogens with two attached hydrogens (primary N) is 1. The highest BCUT2D eigenvalue weighted by atomic mass is 19.1. The van der Waals surface area contributed by atoms with Crippen LogP contribution in [0.3, 0.4) is 0 Å². The summed E-state index contributed by atoms with van der Waals surface area (Å²) in [6.45, 7) is 0.399. The van der Waals surface area contributed by atoms with Gasteiger partial charge in [-0.25, -0.2) is 13.9 Å². The molecule has 2 heterocycles. The second kappa shape index (κ2) is 4.81. The smallest absolute Gasteiger partial charge is 0.250 e. The highest BCUT2D eigenvalue weighted by molar-refractivity contribution is 5.29. The maximum atomic E-state index is 13.0. The van der Waals surface area contributed by atoms with E-state index in [9.17, 15) is 4.39 Å². The lowest BCUT2D eigenvalue weighted by atomic mass is 10.1. The Balaban J connectivity index is 1.73. The van der Waals surface area contributed by atoms with Gasteiger partial charge in [-0.1, -0.05) is 12.1 Å². The van der Waals surface area contributed by atoms with Crippen LogP contribution in [-0.4, -0.2) is 19.6 Å². The van der Waals surface area contributed by atoms with Crippen molar-refractivity contribution in [3.8, 4) is 0 Å². The molecule has 0 saturated heterocycles. The summed E-state index contributed by atoms with van der Waals surface area (Å²) in [4.78, 5) is 8.62. The summed E-state index contributed by atoms with van der Waals surface area (Å²) in [5, 5.41) is 3.13. The van der Waals surface area contributed by atoms with Gasteiger partial charge < -0.3 is 5.73 Å². The molecule has 0 bridgehead atoms. The SMILES string of the molecule is NCc1cn2[nH]c(CCc3cccc(F)c3)nc2n1. The van der Waals surface area contributed by atoms with Crippen molar-refractivity contribution in [1.29, 1.82) is 0 Å². The number of nitrogens with zero attached hydrogens (tertiary/aromatic N) is 3. The van der Waals surface area contributed by atoms with Gasteiger partial charge in [0.05, 0.1) is 11.9 Å². The average molecular weight is 259 g/mol. The Kier molecular flexibility index (Phi) is 3.00. The molecule has 0 radical (unpaired) electrons. The van der Waals surface area contributed by atoms with Crippen molar-refractivity contribution in [3.05, 3.63) is 53.4 Å². The molecule has 0 spiro atoms. The molecule has 6 heteroatoms. The zero-order chi connectivity index (χ0) is 13.2. The first-order chi connectivity index (χ1) is 9.24. The minimum atomic E-state index is -0.209. The van der Waals surface area contributed by atoms with Crippen molar-refractivity contribution in [3.63, 3.8) is 0 Å². The van der Waals surface area contributed by atoms with Gasteiger partial charge in [0.1, 0.15) is 11.6 Å². The van der Waals surface area contributed by atoms with E-state index < -0.39 is 0 Å². The molecule has 3 rings (SSSR count). The summed E-state index contributed by atoms with van der Waals surface area (Å²) in [6.07, 6.45) is 3.27. The maximum Gasteiger partial charge on any atom is 0.250 e. The third-order valence-corrected chi connectivity index (χ3v) is 2.97. The molecule has 98 valence electrons. The molecular formula is C13H14FN5. The van der Waals surface area contributed by atoms with Gasteiger partial charge in [-0.3, -0.25) is 5.10 Å². The van der Waals surface area contributed by atoms with E-state index in [0.717, 1.165) is 23.5 Å². The molecular weight excluding hydrogens is 245 g/mol. The van der Waals surface area contributed by atoms with E-state index in [2.05, 4.69) is 15.1 Å². The molecule has 3 aromatic rings. The van der Waals surface area contributed by atoms with Gasteiger partial charge in [-0.15, -0.1) is 0 Å². The fourth-order valence-electron chi connectivity index (χ4n) is 2.03. The zero-order valence-electron chi connectivity index (χ0n) is 10.3. The van der Waals surface area contributed by atoms with Crippen molar-refractivity contribution >= 4 is 5.78 Å². The van der Waals surface area contributed by atoms with Gasteiger partial charge in [0, 0.05) is 13.0 Å². The summed E-state index contributed by atoms with van der Waals surface area (Å²) < 4.78 is 14.8. The molecule has 5 nitrogen and oxygen atoms in total. The number of halogens is 1. The molecule has 0 saturated carbocycles. The van der Waals surface area contributed by atoms with Crippen LogP contribution in [0.2, 0.25) is 0 Å². The number of rotatable bonds is 4. The second-order valence-electron chi connectivity index (χ2n) is 4.41. The van der Waals surface area contributed by atoms with Gasteiger partial charge in [0.25, 0.3) is 5.78 Å². The number of hydrogen-bond acceptors (Lipinski definition) is 3. The van der Waals surface area contributed by atoms with Crippen LogP contribution in [0.1, 0.15) is 17.1 Å². The number of benzene rings is 1. The van der Waals surface area contributed by atoms with Gasteiger partial charge in [-0.05, 0) is 24.1 Å². The molecule has 0 fully saturated rings. The number of hydrogen-bond donors (Lipinski definition) is 2. The van der Waals surface area contributed by atoms with E-state index in [1.807, 2.05) is 12.3 Å². The van der Waals surface area contributed by atoms with Crippen molar-refractivity contribution in [2.45, 2.75) is 19.4 Å². The Morgan fingerprint density at radius 1 is 1.26 bits per heavy atom. The highest BCUT2D eigenvalue weighted by Gasteiger charge is 2.06. The predicted molar refractivity (Wildman–Crippen MR) is 69.0 cm³/mol. The van der Waals surface area contributed by atoms with Crippen LogP contribution in [0, 0.1) is 5.82 Å². The first-order valence-electron chi connectivity index (χ1n) is 6.12. The summed E-state index contributed by atoms with van der Waals surface area (Å²) in [6, 6.07) is 6.61. The van der Waals surface area contributed by atoms with Crippen molar-refractivity contribution < 1.29 is 4.39 Å². The normalized spacial score (nSPS) is 11.3. The number of aryl methyl sites for hydroxylation is 2. The summed E-state index contributed by atoms with van der Waals surface area (Å²) >= 11 is 0. The third kappa shape index (κ3) is 2.48. The molecule has 0 aliphatic rings. The highest BCUT2D eigenvalue weighted by Crippen LogP contribution is 2.08.